The zero-order chi connectivity index (χ0) is 14.2. The molecule has 0 radical (unpaired) electrons. The van der Waals surface area contributed by atoms with E-state index < -0.39 is 0 Å². The maximum atomic E-state index is 4.01. The van der Waals surface area contributed by atoms with E-state index in [1.165, 1.54) is 38.5 Å². The van der Waals surface area contributed by atoms with Crippen molar-refractivity contribution in [2.24, 2.45) is 11.3 Å². The smallest absolute Gasteiger partial charge is 0.0376 e. The van der Waals surface area contributed by atoms with Gasteiger partial charge in [0.25, 0.3) is 0 Å². The maximum Gasteiger partial charge on any atom is 0.0376 e. The third-order valence-corrected chi connectivity index (χ3v) is 5.72. The molecule has 20 heavy (non-hydrogen) atoms. The first-order valence-corrected chi connectivity index (χ1v) is 8.42. The van der Waals surface area contributed by atoms with Gasteiger partial charge in [-0.3, -0.25) is 0 Å². The van der Waals surface area contributed by atoms with E-state index in [1.54, 1.807) is 11.1 Å². The van der Waals surface area contributed by atoms with Crippen molar-refractivity contribution in [2.75, 3.05) is 0 Å². The monoisotopic (exact) mass is 271 g/mol. The highest BCUT2D eigenvalue weighted by Crippen LogP contribution is 2.44. The summed E-state index contributed by atoms with van der Waals surface area (Å²) in [4.78, 5) is 0. The Morgan fingerprint density at radius 3 is 2.60 bits per heavy atom. The summed E-state index contributed by atoms with van der Waals surface area (Å²) in [6, 6.07) is 10.2. The summed E-state index contributed by atoms with van der Waals surface area (Å²) in [7, 11) is 0. The van der Waals surface area contributed by atoms with Crippen molar-refractivity contribution in [3.05, 3.63) is 35.4 Å². The van der Waals surface area contributed by atoms with E-state index in [9.17, 15) is 0 Å². The van der Waals surface area contributed by atoms with Gasteiger partial charge in [-0.15, -0.1) is 0 Å². The lowest BCUT2D eigenvalue weighted by Gasteiger charge is -2.43. The zero-order valence-electron chi connectivity index (χ0n) is 13.3. The van der Waals surface area contributed by atoms with Gasteiger partial charge in [-0.2, -0.15) is 0 Å². The Morgan fingerprint density at radius 1 is 1.15 bits per heavy atom. The minimum atomic E-state index is 0.362. The van der Waals surface area contributed by atoms with Crippen LogP contribution in [0.15, 0.2) is 24.3 Å². The van der Waals surface area contributed by atoms with Crippen LogP contribution in [0.1, 0.15) is 70.0 Å². The quantitative estimate of drug-likeness (QED) is 0.827. The van der Waals surface area contributed by atoms with Crippen molar-refractivity contribution in [1.29, 1.82) is 0 Å². The van der Waals surface area contributed by atoms with Crippen molar-refractivity contribution in [3.8, 4) is 0 Å². The Balaban J connectivity index is 1.82. The second-order valence-corrected chi connectivity index (χ2v) is 7.62. The van der Waals surface area contributed by atoms with Crippen LogP contribution >= 0.6 is 0 Å². The van der Waals surface area contributed by atoms with Gasteiger partial charge in [0.15, 0.2) is 0 Å². The minimum Gasteiger partial charge on any atom is -0.307 e. The van der Waals surface area contributed by atoms with Crippen LogP contribution in [0.25, 0.3) is 0 Å². The zero-order valence-corrected chi connectivity index (χ0v) is 13.3. The third-order valence-electron chi connectivity index (χ3n) is 5.72. The minimum absolute atomic E-state index is 0.362. The molecule has 0 aromatic heterocycles. The van der Waals surface area contributed by atoms with Gasteiger partial charge in [-0.05, 0) is 55.1 Å². The van der Waals surface area contributed by atoms with Gasteiger partial charge >= 0.3 is 0 Å². The first-order chi connectivity index (χ1) is 9.58. The summed E-state index contributed by atoms with van der Waals surface area (Å²) in [6.07, 6.45) is 8.23. The lowest BCUT2D eigenvalue weighted by atomic mass is 9.70. The van der Waals surface area contributed by atoms with Crippen molar-refractivity contribution in [2.45, 2.75) is 71.4 Å². The average Bonchev–Trinajstić information content (AvgIpc) is 2.96. The molecule has 1 fully saturated rings. The molecule has 2 aliphatic rings. The van der Waals surface area contributed by atoms with Crippen LogP contribution in [0.3, 0.4) is 0 Å². The van der Waals surface area contributed by atoms with Crippen LogP contribution < -0.4 is 5.32 Å². The Hall–Kier alpha value is -0.820. The summed E-state index contributed by atoms with van der Waals surface area (Å²) >= 11 is 0. The number of hydrogen-bond acceptors (Lipinski definition) is 1. The van der Waals surface area contributed by atoms with Crippen LogP contribution in [0.4, 0.5) is 0 Å². The molecule has 1 nitrogen and oxygen atoms in total. The lowest BCUT2D eigenvalue weighted by Crippen LogP contribution is -2.44. The predicted molar refractivity (Wildman–Crippen MR) is 85.8 cm³/mol. The Bertz CT molecular complexity index is 457. The number of rotatable bonds is 3. The fourth-order valence-corrected chi connectivity index (χ4v) is 4.24. The number of nitrogens with one attached hydrogen (secondary N) is 1. The fourth-order valence-electron chi connectivity index (χ4n) is 4.24. The predicted octanol–water partition coefficient (Wildman–Crippen LogP) is 4.87. The molecular weight excluding hydrogens is 242 g/mol. The Kier molecular flexibility index (Phi) is 3.90. The van der Waals surface area contributed by atoms with Crippen LogP contribution in [-0.2, 0) is 6.42 Å². The van der Waals surface area contributed by atoms with Crippen molar-refractivity contribution >= 4 is 0 Å². The summed E-state index contributed by atoms with van der Waals surface area (Å²) in [6.45, 7) is 7.27. The number of hydrogen-bond donors (Lipinski definition) is 1. The second-order valence-electron chi connectivity index (χ2n) is 7.62. The summed E-state index contributed by atoms with van der Waals surface area (Å²) in [5.41, 5.74) is 3.47. The molecule has 1 aromatic rings. The van der Waals surface area contributed by atoms with Crippen molar-refractivity contribution in [3.63, 3.8) is 0 Å². The standard InChI is InChI=1S/C19H29N/c1-14(15-8-4-5-9-15)20-18-17-11-7-6-10-16(17)12-13-19(18,2)3/h6-7,10-11,14-15,18,20H,4-5,8-9,12-13H2,1-3H3/t14-,18?/m0/s1. The normalized spacial score (nSPS) is 27.2. The molecule has 110 valence electrons. The Labute approximate surface area is 124 Å². The SMILES string of the molecule is C[C@H](NC1c2ccccc2CCC1(C)C)C1CCCC1. The number of aryl methyl sites for hydroxylation is 1. The van der Waals surface area contributed by atoms with E-state index in [2.05, 4.69) is 50.4 Å². The fraction of sp³-hybridized carbons (Fsp3) is 0.684. The van der Waals surface area contributed by atoms with Gasteiger partial charge in [-0.1, -0.05) is 51.0 Å². The molecular formula is C19H29N. The molecule has 0 heterocycles. The van der Waals surface area contributed by atoms with Crippen molar-refractivity contribution < 1.29 is 0 Å². The van der Waals surface area contributed by atoms with Gasteiger partial charge in [0, 0.05) is 12.1 Å². The van der Waals surface area contributed by atoms with Crippen LogP contribution in [0.2, 0.25) is 0 Å². The molecule has 1 unspecified atom stereocenters. The molecule has 0 aliphatic heterocycles. The van der Waals surface area contributed by atoms with Crippen LogP contribution in [0.5, 0.6) is 0 Å². The molecule has 1 aromatic carbocycles. The summed E-state index contributed by atoms with van der Waals surface area (Å²) < 4.78 is 0. The molecule has 0 amide bonds. The highest BCUT2D eigenvalue weighted by molar-refractivity contribution is 5.34. The second kappa shape index (κ2) is 5.52. The molecule has 0 bridgehead atoms. The number of fused-ring (bicyclic) bond motifs is 1. The molecule has 0 saturated heterocycles. The van der Waals surface area contributed by atoms with Crippen LogP contribution in [0, 0.1) is 11.3 Å². The molecule has 0 spiro atoms. The summed E-state index contributed by atoms with van der Waals surface area (Å²) in [5, 5.41) is 4.01. The molecule has 2 atom stereocenters. The average molecular weight is 271 g/mol. The highest BCUT2D eigenvalue weighted by Gasteiger charge is 2.37. The molecule has 1 saturated carbocycles. The maximum absolute atomic E-state index is 4.01. The highest BCUT2D eigenvalue weighted by atomic mass is 15.0. The number of benzene rings is 1. The Morgan fingerprint density at radius 2 is 1.85 bits per heavy atom. The van der Waals surface area contributed by atoms with E-state index in [1.807, 2.05) is 0 Å². The van der Waals surface area contributed by atoms with Crippen molar-refractivity contribution in [1.82, 2.24) is 5.32 Å². The largest absolute Gasteiger partial charge is 0.307 e. The van der Waals surface area contributed by atoms with E-state index in [-0.39, 0.29) is 0 Å². The molecule has 1 N–H and O–H groups in total. The van der Waals surface area contributed by atoms with Gasteiger partial charge in [-0.25, -0.2) is 0 Å². The molecule has 3 rings (SSSR count). The topological polar surface area (TPSA) is 12.0 Å². The van der Waals surface area contributed by atoms with Gasteiger partial charge in [0.1, 0.15) is 0 Å². The van der Waals surface area contributed by atoms with E-state index in [0.717, 1.165) is 5.92 Å². The van der Waals surface area contributed by atoms with Gasteiger partial charge < -0.3 is 5.32 Å². The first kappa shape index (κ1) is 14.1. The van der Waals surface area contributed by atoms with Gasteiger partial charge in [0.2, 0.25) is 0 Å². The van der Waals surface area contributed by atoms with Gasteiger partial charge in [0.05, 0.1) is 0 Å². The molecule has 1 heteroatoms. The molecule has 2 aliphatic carbocycles. The van der Waals surface area contributed by atoms with E-state index >= 15 is 0 Å². The first-order valence-electron chi connectivity index (χ1n) is 8.42. The van der Waals surface area contributed by atoms with E-state index in [0.29, 0.717) is 17.5 Å². The van der Waals surface area contributed by atoms with Crippen LogP contribution in [-0.4, -0.2) is 6.04 Å². The lowest BCUT2D eigenvalue weighted by molar-refractivity contribution is 0.180. The third kappa shape index (κ3) is 2.65. The summed E-state index contributed by atoms with van der Waals surface area (Å²) in [5.74, 6) is 0.889. The van der Waals surface area contributed by atoms with E-state index in [4.69, 9.17) is 0 Å².